The molecule has 0 aliphatic heterocycles. The van der Waals surface area contributed by atoms with Gasteiger partial charge >= 0.3 is 23.7 Å². The molecule has 0 saturated carbocycles. The van der Waals surface area contributed by atoms with E-state index < -0.39 is 41.5 Å². The second-order valence-corrected chi connectivity index (χ2v) is 3.37. The molecule has 106 valence electrons. The van der Waals surface area contributed by atoms with Crippen molar-refractivity contribution >= 4 is 0 Å². The molecule has 0 N–H and O–H groups in total. The Labute approximate surface area is 91.1 Å². The summed E-state index contributed by atoms with van der Waals surface area (Å²) in [6, 6.07) is 0. The van der Waals surface area contributed by atoms with Gasteiger partial charge in [-0.25, -0.2) is 13.2 Å². The molecule has 0 radical (unpaired) electrons. The van der Waals surface area contributed by atoms with Crippen LogP contribution in [0.25, 0.3) is 0 Å². The molecule has 18 heavy (non-hydrogen) atoms. The van der Waals surface area contributed by atoms with E-state index in [1.54, 1.807) is 0 Å². The van der Waals surface area contributed by atoms with Gasteiger partial charge in [0.15, 0.2) is 5.83 Å². The Morgan fingerprint density at radius 2 is 1.11 bits per heavy atom. The number of alkyl halides is 9. The van der Waals surface area contributed by atoms with Gasteiger partial charge in [0, 0.05) is 0 Å². The van der Waals surface area contributed by atoms with Crippen molar-refractivity contribution in [3.8, 4) is 0 Å². The van der Waals surface area contributed by atoms with Crippen molar-refractivity contribution in [3.63, 3.8) is 0 Å². The molecule has 1 unspecified atom stereocenters. The summed E-state index contributed by atoms with van der Waals surface area (Å²) >= 11 is 0. The lowest BCUT2D eigenvalue weighted by Gasteiger charge is -2.33. The summed E-state index contributed by atoms with van der Waals surface area (Å²) in [5, 5.41) is 0. The summed E-state index contributed by atoms with van der Waals surface area (Å²) in [6.07, 6.45) is -4.95. The van der Waals surface area contributed by atoms with E-state index in [2.05, 4.69) is 0 Å². The zero-order chi connectivity index (χ0) is 14.7. The van der Waals surface area contributed by atoms with E-state index in [9.17, 15) is 48.3 Å². The number of hydrogen-bond acceptors (Lipinski definition) is 0. The van der Waals surface area contributed by atoms with Crippen LogP contribution in [0.3, 0.4) is 0 Å². The molecule has 1 aliphatic carbocycles. The van der Waals surface area contributed by atoms with E-state index >= 15 is 0 Å². The SMILES string of the molecule is FC1=C(F)C(F)(F)C(F)(F)C(F)(F)C(F)(F)C1F. The first-order chi connectivity index (χ1) is 7.73. The minimum Gasteiger partial charge on any atom is -0.233 e. The van der Waals surface area contributed by atoms with Crippen molar-refractivity contribution in [2.24, 2.45) is 0 Å². The van der Waals surface area contributed by atoms with Crippen LogP contribution in [0.5, 0.6) is 0 Å². The topological polar surface area (TPSA) is 0 Å². The highest BCUT2D eigenvalue weighted by Crippen LogP contribution is 2.60. The van der Waals surface area contributed by atoms with Crippen molar-refractivity contribution in [2.45, 2.75) is 29.9 Å². The van der Waals surface area contributed by atoms with Crippen LogP contribution in [0.15, 0.2) is 11.7 Å². The molecule has 1 rings (SSSR count). The molecule has 0 heterocycles. The van der Waals surface area contributed by atoms with Gasteiger partial charge in [0.25, 0.3) is 0 Å². The van der Waals surface area contributed by atoms with E-state index in [4.69, 9.17) is 0 Å². The number of allylic oxidation sites excluding steroid dienone is 2. The maximum atomic E-state index is 12.5. The Kier molecular flexibility index (Phi) is 2.92. The molecule has 0 aromatic carbocycles. The summed E-state index contributed by atoms with van der Waals surface area (Å²) in [4.78, 5) is 0. The number of hydrogen-bond donors (Lipinski definition) is 0. The smallest absolute Gasteiger partial charge is 0.233 e. The van der Waals surface area contributed by atoms with Crippen LogP contribution in [0.4, 0.5) is 48.3 Å². The molecule has 1 atom stereocenters. The average Bonchev–Trinajstić information content (AvgIpc) is 2.24. The van der Waals surface area contributed by atoms with E-state index in [1.807, 2.05) is 0 Å². The highest BCUT2D eigenvalue weighted by molar-refractivity contribution is 5.28. The molecule has 0 saturated heterocycles. The first kappa shape index (κ1) is 15.0. The Balaban J connectivity index is 3.70. The molecule has 0 spiro atoms. The first-order valence-electron chi connectivity index (χ1n) is 3.94. The third-order valence-corrected chi connectivity index (χ3v) is 2.23. The summed E-state index contributed by atoms with van der Waals surface area (Å²) in [6.45, 7) is 0. The first-order valence-corrected chi connectivity index (χ1v) is 3.94. The van der Waals surface area contributed by atoms with Gasteiger partial charge in [-0.15, -0.1) is 0 Å². The van der Waals surface area contributed by atoms with Gasteiger partial charge in [-0.2, -0.15) is 35.1 Å². The maximum absolute atomic E-state index is 12.5. The van der Waals surface area contributed by atoms with Gasteiger partial charge in [-0.05, 0) is 0 Å². The van der Waals surface area contributed by atoms with Gasteiger partial charge in [0.2, 0.25) is 12.0 Å². The summed E-state index contributed by atoms with van der Waals surface area (Å²) in [7, 11) is 0. The quantitative estimate of drug-likeness (QED) is 0.592. The molecule has 1 aliphatic rings. The van der Waals surface area contributed by atoms with Crippen LogP contribution in [0.2, 0.25) is 0 Å². The van der Waals surface area contributed by atoms with Crippen molar-refractivity contribution in [1.82, 2.24) is 0 Å². The molecular weight excluding hydrogens is 293 g/mol. The molecule has 0 amide bonds. The molecular formula is C7HF11. The number of halogens is 11. The third kappa shape index (κ3) is 1.38. The highest BCUT2D eigenvalue weighted by Gasteiger charge is 2.86. The summed E-state index contributed by atoms with van der Waals surface area (Å²) < 4.78 is 137. The molecule has 11 heteroatoms. The van der Waals surface area contributed by atoms with Crippen LogP contribution in [0.1, 0.15) is 0 Å². The van der Waals surface area contributed by atoms with Gasteiger partial charge in [-0.3, -0.25) is 0 Å². The van der Waals surface area contributed by atoms with Crippen LogP contribution in [-0.2, 0) is 0 Å². The van der Waals surface area contributed by atoms with Gasteiger partial charge in [0.1, 0.15) is 0 Å². The molecule has 0 aromatic heterocycles. The van der Waals surface area contributed by atoms with E-state index in [0.29, 0.717) is 0 Å². The highest BCUT2D eigenvalue weighted by atomic mass is 19.4. The van der Waals surface area contributed by atoms with Crippen molar-refractivity contribution in [2.75, 3.05) is 0 Å². The van der Waals surface area contributed by atoms with E-state index in [0.717, 1.165) is 0 Å². The van der Waals surface area contributed by atoms with E-state index in [-0.39, 0.29) is 0 Å². The Bertz CT molecular complexity index is 392. The van der Waals surface area contributed by atoms with E-state index in [1.165, 1.54) is 0 Å². The second kappa shape index (κ2) is 3.50. The minimum absolute atomic E-state index is 3.69. The largest absolute Gasteiger partial charge is 0.385 e. The van der Waals surface area contributed by atoms with Crippen molar-refractivity contribution in [1.29, 1.82) is 0 Å². The average molecular weight is 294 g/mol. The lowest BCUT2D eigenvalue weighted by Crippen LogP contribution is -2.63. The van der Waals surface area contributed by atoms with Crippen LogP contribution in [0, 0.1) is 0 Å². The zero-order valence-corrected chi connectivity index (χ0v) is 7.73. The maximum Gasteiger partial charge on any atom is 0.385 e. The summed E-state index contributed by atoms with van der Waals surface area (Å²) in [5.74, 6) is -34.8. The van der Waals surface area contributed by atoms with Crippen LogP contribution < -0.4 is 0 Å². The fraction of sp³-hybridized carbons (Fsp3) is 0.714. The fourth-order valence-corrected chi connectivity index (χ4v) is 1.12. The zero-order valence-electron chi connectivity index (χ0n) is 7.73. The van der Waals surface area contributed by atoms with Crippen LogP contribution in [-0.4, -0.2) is 29.9 Å². The predicted molar refractivity (Wildman–Crippen MR) is 33.9 cm³/mol. The lowest BCUT2D eigenvalue weighted by molar-refractivity contribution is -0.362. The summed E-state index contributed by atoms with van der Waals surface area (Å²) in [5.41, 5.74) is 0. The van der Waals surface area contributed by atoms with Crippen molar-refractivity contribution in [3.05, 3.63) is 11.7 Å². The standard InChI is InChI=1S/C7HF11/c8-1-2(9)4(11,12)6(15,16)7(17,18)5(13,14)3(1)10/h2H. The third-order valence-electron chi connectivity index (χ3n) is 2.23. The van der Waals surface area contributed by atoms with Crippen molar-refractivity contribution < 1.29 is 48.3 Å². The normalized spacial score (nSPS) is 33.2. The Morgan fingerprint density at radius 1 is 0.722 bits per heavy atom. The molecule has 0 bridgehead atoms. The number of rotatable bonds is 0. The second-order valence-electron chi connectivity index (χ2n) is 3.37. The lowest BCUT2D eigenvalue weighted by atomic mass is 9.99. The molecule has 0 fully saturated rings. The predicted octanol–water partition coefficient (Wildman–Crippen LogP) is 4.03. The molecule has 0 aromatic rings. The monoisotopic (exact) mass is 294 g/mol. The Morgan fingerprint density at radius 3 is 1.50 bits per heavy atom. The van der Waals surface area contributed by atoms with Gasteiger partial charge < -0.3 is 0 Å². The Hall–Kier alpha value is -1.03. The van der Waals surface area contributed by atoms with Gasteiger partial charge in [0.05, 0.1) is 0 Å². The minimum atomic E-state index is -7.01. The molecule has 0 nitrogen and oxygen atoms in total. The fourth-order valence-electron chi connectivity index (χ4n) is 1.12. The van der Waals surface area contributed by atoms with Gasteiger partial charge in [-0.1, -0.05) is 0 Å². The van der Waals surface area contributed by atoms with Crippen LogP contribution >= 0.6 is 0 Å².